The minimum Gasteiger partial charge on any atom is -0.362 e. The molecule has 3 heteroatoms. The van der Waals surface area contributed by atoms with Gasteiger partial charge in [-0.1, -0.05) is 71.3 Å². The Labute approximate surface area is 162 Å². The second kappa shape index (κ2) is 15.7. The Balaban J connectivity index is 0.000000289. The average molecular weight is 361 g/mol. The smallest absolute Gasteiger partial charge is 0.168 e. The number of pyridine rings is 1. The summed E-state index contributed by atoms with van der Waals surface area (Å²) in [6.07, 6.45) is 22.4. The van der Waals surface area contributed by atoms with Crippen molar-refractivity contribution < 1.29 is 4.57 Å². The molecule has 1 aromatic heterocycles. The summed E-state index contributed by atoms with van der Waals surface area (Å²) in [7, 11) is 2.13. The first-order valence-corrected chi connectivity index (χ1v) is 10.8. The third kappa shape index (κ3) is 11.9. The van der Waals surface area contributed by atoms with Crippen LogP contribution in [0, 0.1) is 0 Å². The molecule has 148 valence electrons. The highest BCUT2D eigenvalue weighted by Gasteiger charge is 2.06. The van der Waals surface area contributed by atoms with Crippen LogP contribution >= 0.6 is 0 Å². The van der Waals surface area contributed by atoms with Crippen LogP contribution in [-0.2, 0) is 6.54 Å². The number of rotatable bonds is 12. The molecule has 0 saturated heterocycles. The van der Waals surface area contributed by atoms with E-state index in [0.29, 0.717) is 0 Å². The van der Waals surface area contributed by atoms with Crippen molar-refractivity contribution in [2.75, 3.05) is 20.3 Å². The van der Waals surface area contributed by atoms with E-state index in [1.165, 1.54) is 70.8 Å². The zero-order valence-electron chi connectivity index (χ0n) is 17.6. The first-order valence-electron chi connectivity index (χ1n) is 10.8. The van der Waals surface area contributed by atoms with Crippen molar-refractivity contribution in [2.45, 2.75) is 84.6 Å². The van der Waals surface area contributed by atoms with Gasteiger partial charge in [0.1, 0.15) is 6.54 Å². The molecule has 0 aromatic carbocycles. The third-order valence-corrected chi connectivity index (χ3v) is 4.78. The molecule has 3 nitrogen and oxygen atoms in total. The molecule has 0 unspecified atom stereocenters. The maximum Gasteiger partial charge on any atom is 0.168 e. The van der Waals surface area contributed by atoms with E-state index in [1.54, 1.807) is 0 Å². The lowest BCUT2D eigenvalue weighted by molar-refractivity contribution is -0.697. The third-order valence-electron chi connectivity index (χ3n) is 4.78. The molecule has 2 heterocycles. The van der Waals surface area contributed by atoms with Crippen molar-refractivity contribution in [3.63, 3.8) is 0 Å². The summed E-state index contributed by atoms with van der Waals surface area (Å²) in [5.41, 5.74) is 0. The van der Waals surface area contributed by atoms with Crippen LogP contribution in [0.5, 0.6) is 0 Å². The fourth-order valence-electron chi connectivity index (χ4n) is 3.11. The normalized spacial score (nSPS) is 13.0. The van der Waals surface area contributed by atoms with Gasteiger partial charge in [0.15, 0.2) is 12.4 Å². The van der Waals surface area contributed by atoms with Crippen LogP contribution in [0.1, 0.15) is 78.1 Å². The molecule has 1 aliphatic heterocycles. The highest BCUT2D eigenvalue weighted by Crippen LogP contribution is 2.10. The molecule has 0 spiro atoms. The lowest BCUT2D eigenvalue weighted by Gasteiger charge is -2.17. The summed E-state index contributed by atoms with van der Waals surface area (Å²) in [6, 6.07) is 6.17. The molecule has 0 radical (unpaired) electrons. The molecule has 0 N–H and O–H groups in total. The van der Waals surface area contributed by atoms with Gasteiger partial charge in [-0.3, -0.25) is 0 Å². The Morgan fingerprint density at radius 2 is 1.35 bits per heavy atom. The fourth-order valence-corrected chi connectivity index (χ4v) is 3.11. The van der Waals surface area contributed by atoms with Gasteiger partial charge in [0.25, 0.3) is 0 Å². The van der Waals surface area contributed by atoms with Gasteiger partial charge >= 0.3 is 0 Å². The fraction of sp³-hybridized carbons (Fsp3) is 0.696. The van der Waals surface area contributed by atoms with E-state index in [9.17, 15) is 0 Å². The second-order valence-corrected chi connectivity index (χ2v) is 7.45. The van der Waals surface area contributed by atoms with Crippen LogP contribution in [0.2, 0.25) is 0 Å². The highest BCUT2D eigenvalue weighted by molar-refractivity contribution is 4.88. The highest BCUT2D eigenvalue weighted by atomic mass is 15.3. The minimum atomic E-state index is 1.08. The van der Waals surface area contributed by atoms with Crippen molar-refractivity contribution in [3.05, 3.63) is 43.0 Å². The van der Waals surface area contributed by atoms with Gasteiger partial charge in [-0.15, -0.1) is 0 Å². The summed E-state index contributed by atoms with van der Waals surface area (Å²) in [6.45, 7) is 7.95. The molecule has 0 amide bonds. The van der Waals surface area contributed by atoms with Gasteiger partial charge in [-0.25, -0.2) is 4.57 Å². The van der Waals surface area contributed by atoms with Crippen molar-refractivity contribution in [1.82, 2.24) is 9.80 Å². The number of unbranched alkanes of at least 4 members (excludes halogenated alkanes) is 8. The second-order valence-electron chi connectivity index (χ2n) is 7.45. The van der Waals surface area contributed by atoms with Crippen molar-refractivity contribution in [2.24, 2.45) is 0 Å². The van der Waals surface area contributed by atoms with Crippen molar-refractivity contribution >= 4 is 0 Å². The lowest BCUT2D eigenvalue weighted by Crippen LogP contribution is -2.31. The molecule has 1 aromatic rings. The Bertz CT molecular complexity index is 444. The number of hydrogen-bond acceptors (Lipinski definition) is 2. The van der Waals surface area contributed by atoms with E-state index >= 15 is 0 Å². The van der Waals surface area contributed by atoms with E-state index in [1.807, 2.05) is 6.07 Å². The van der Waals surface area contributed by atoms with Gasteiger partial charge in [-0.2, -0.15) is 0 Å². The summed E-state index contributed by atoms with van der Waals surface area (Å²) >= 11 is 0. The van der Waals surface area contributed by atoms with Crippen LogP contribution in [0.4, 0.5) is 0 Å². The first kappa shape index (κ1) is 22.5. The molecule has 0 bridgehead atoms. The quantitative estimate of drug-likeness (QED) is 0.356. The molecular weight excluding hydrogens is 318 g/mol. The zero-order chi connectivity index (χ0) is 18.9. The van der Waals surface area contributed by atoms with E-state index in [4.69, 9.17) is 0 Å². The number of nitrogens with zero attached hydrogens (tertiary/aromatic N) is 3. The monoisotopic (exact) mass is 360 g/mol. The SMILES string of the molecule is CCCCCCCCCCN1C=CN(C)C1.CCCC[n+]1ccccc1. The summed E-state index contributed by atoms with van der Waals surface area (Å²) in [4.78, 5) is 4.63. The average Bonchev–Trinajstić information content (AvgIpc) is 3.09. The summed E-state index contributed by atoms with van der Waals surface area (Å²) < 4.78 is 2.21. The van der Waals surface area contributed by atoms with Crippen LogP contribution in [-0.4, -0.2) is 30.1 Å². The van der Waals surface area contributed by atoms with Crippen LogP contribution in [0.15, 0.2) is 43.0 Å². The van der Waals surface area contributed by atoms with E-state index in [-0.39, 0.29) is 0 Å². The van der Waals surface area contributed by atoms with Gasteiger partial charge in [0.05, 0.1) is 6.67 Å². The van der Waals surface area contributed by atoms with Gasteiger partial charge < -0.3 is 9.80 Å². The maximum absolute atomic E-state index is 2.40. The zero-order valence-corrected chi connectivity index (χ0v) is 17.6. The van der Waals surface area contributed by atoms with Crippen LogP contribution in [0.3, 0.4) is 0 Å². The molecule has 0 fully saturated rings. The lowest BCUT2D eigenvalue weighted by atomic mass is 10.1. The van der Waals surface area contributed by atoms with Gasteiger partial charge in [0.2, 0.25) is 0 Å². The Morgan fingerprint density at radius 3 is 1.92 bits per heavy atom. The Kier molecular flexibility index (Phi) is 13.6. The molecule has 2 rings (SSSR count). The first-order chi connectivity index (χ1) is 12.8. The molecule has 0 saturated carbocycles. The maximum atomic E-state index is 2.40. The summed E-state index contributed by atoms with van der Waals surface area (Å²) in [5.74, 6) is 0. The van der Waals surface area contributed by atoms with Gasteiger partial charge in [-0.05, 0) is 6.42 Å². The Hall–Kier alpha value is -1.51. The Morgan fingerprint density at radius 1 is 0.731 bits per heavy atom. The van der Waals surface area contributed by atoms with E-state index in [2.05, 4.69) is 72.2 Å². The molecular formula is C23H42N3+. The number of aromatic nitrogens is 1. The number of hydrogen-bond donors (Lipinski definition) is 0. The largest absolute Gasteiger partial charge is 0.362 e. The van der Waals surface area contributed by atoms with E-state index < -0.39 is 0 Å². The predicted molar refractivity (Wildman–Crippen MR) is 113 cm³/mol. The summed E-state index contributed by atoms with van der Waals surface area (Å²) in [5, 5.41) is 0. The van der Waals surface area contributed by atoms with Gasteiger partial charge in [0, 0.05) is 44.5 Å². The van der Waals surface area contributed by atoms with Crippen LogP contribution in [0.25, 0.3) is 0 Å². The minimum absolute atomic E-state index is 1.08. The standard InChI is InChI=1S/C14H28N2.C9H14N/c1-3-4-5-6-7-8-9-10-11-16-13-12-15(2)14-16;1-2-3-7-10-8-5-4-6-9-10/h12-13H,3-11,14H2,1-2H3;4-6,8-9H,2-3,7H2,1H3/q;+1. The molecule has 1 aliphatic rings. The van der Waals surface area contributed by atoms with Crippen LogP contribution < -0.4 is 4.57 Å². The molecule has 0 atom stereocenters. The molecule has 0 aliphatic carbocycles. The van der Waals surface area contributed by atoms with E-state index in [0.717, 1.165) is 13.2 Å². The van der Waals surface area contributed by atoms with Crippen molar-refractivity contribution in [1.29, 1.82) is 0 Å². The van der Waals surface area contributed by atoms with Crippen molar-refractivity contribution in [3.8, 4) is 0 Å². The molecule has 26 heavy (non-hydrogen) atoms. The topological polar surface area (TPSA) is 10.4 Å². The predicted octanol–water partition coefficient (Wildman–Crippen LogP) is 5.58. The number of aryl methyl sites for hydroxylation is 1.